The number of rotatable bonds is 5. The molecule has 1 amide bonds. The summed E-state index contributed by atoms with van der Waals surface area (Å²) in [6, 6.07) is 6.77. The summed E-state index contributed by atoms with van der Waals surface area (Å²) in [5.74, 6) is -1.07. The van der Waals surface area contributed by atoms with Gasteiger partial charge in [0.25, 0.3) is 0 Å². The maximum atomic E-state index is 12.0. The smallest absolute Gasteiger partial charge is 0.327 e. The quantitative estimate of drug-likeness (QED) is 0.784. The number of hydrogen-bond donors (Lipinski definition) is 2. The molecule has 0 saturated carbocycles. The number of carboxylic acid groups (broad SMARTS) is 1. The van der Waals surface area contributed by atoms with Gasteiger partial charge in [-0.2, -0.15) is 0 Å². The van der Waals surface area contributed by atoms with Crippen molar-refractivity contribution in [2.45, 2.75) is 10.9 Å². The van der Waals surface area contributed by atoms with Gasteiger partial charge in [-0.1, -0.05) is 18.2 Å². The number of aliphatic carboxylic acids is 1. The predicted octanol–water partition coefficient (Wildman–Crippen LogP) is -0.0490. The van der Waals surface area contributed by atoms with Crippen LogP contribution in [0.15, 0.2) is 35.2 Å². The number of carbonyl (C=O) groups excluding carboxylic acids is 1. The molecule has 21 heavy (non-hydrogen) atoms. The molecule has 1 heterocycles. The summed E-state index contributed by atoms with van der Waals surface area (Å²) in [5.41, 5.74) is 0. The molecule has 0 radical (unpaired) electrons. The molecule has 2 N–H and O–H groups in total. The summed E-state index contributed by atoms with van der Waals surface area (Å²) in [6.45, 7) is -0.457. The molecule has 1 atom stereocenters. The summed E-state index contributed by atoms with van der Waals surface area (Å²) in [6.07, 6.45) is 0. The first-order valence-electron chi connectivity index (χ1n) is 6.06. The predicted molar refractivity (Wildman–Crippen MR) is 77.2 cm³/mol. The zero-order valence-electron chi connectivity index (χ0n) is 10.9. The Bertz CT molecular complexity index is 632. The SMILES string of the molecule is O=C(O)C1CSCN1C(=O)CNS(=O)(=O)c1ccccc1. The summed E-state index contributed by atoms with van der Waals surface area (Å²) in [7, 11) is -3.77. The molecule has 9 heteroatoms. The molecule has 1 aromatic rings. The van der Waals surface area contributed by atoms with Crippen LogP contribution < -0.4 is 4.72 Å². The topological polar surface area (TPSA) is 104 Å². The Morgan fingerprint density at radius 3 is 2.62 bits per heavy atom. The van der Waals surface area contributed by atoms with Crippen molar-refractivity contribution < 1.29 is 23.1 Å². The number of nitrogens with one attached hydrogen (secondary N) is 1. The Hall–Kier alpha value is -1.58. The Balaban J connectivity index is 2.00. The second-order valence-corrected chi connectivity index (χ2v) is 7.12. The first-order chi connectivity index (χ1) is 9.92. The van der Waals surface area contributed by atoms with E-state index < -0.39 is 34.5 Å². The van der Waals surface area contributed by atoms with Crippen molar-refractivity contribution in [1.29, 1.82) is 0 Å². The third-order valence-electron chi connectivity index (χ3n) is 2.95. The van der Waals surface area contributed by atoms with E-state index in [0.717, 1.165) is 0 Å². The average molecular weight is 330 g/mol. The minimum Gasteiger partial charge on any atom is -0.480 e. The standard InChI is InChI=1S/C12H14N2O5S2/c15-11(14-8-20-7-10(14)12(16)17)6-13-21(18,19)9-4-2-1-3-5-9/h1-5,10,13H,6-8H2,(H,16,17). The van der Waals surface area contributed by atoms with Crippen LogP contribution >= 0.6 is 11.8 Å². The Morgan fingerprint density at radius 2 is 2.00 bits per heavy atom. The van der Waals surface area contributed by atoms with Gasteiger partial charge in [-0.05, 0) is 12.1 Å². The first-order valence-corrected chi connectivity index (χ1v) is 8.70. The fraction of sp³-hybridized carbons (Fsp3) is 0.333. The van der Waals surface area contributed by atoms with Crippen LogP contribution in [0.1, 0.15) is 0 Å². The zero-order valence-corrected chi connectivity index (χ0v) is 12.6. The fourth-order valence-corrected chi connectivity index (χ4v) is 4.00. The minimum absolute atomic E-state index is 0.0587. The normalized spacial score (nSPS) is 18.7. The molecule has 0 bridgehead atoms. The fourth-order valence-electron chi connectivity index (χ4n) is 1.83. The monoisotopic (exact) mass is 330 g/mol. The van der Waals surface area contributed by atoms with Gasteiger partial charge < -0.3 is 10.0 Å². The second kappa shape index (κ2) is 6.46. The Morgan fingerprint density at radius 1 is 1.33 bits per heavy atom. The van der Waals surface area contributed by atoms with Crippen molar-refractivity contribution in [3.63, 3.8) is 0 Å². The molecule has 1 unspecified atom stereocenters. The highest BCUT2D eigenvalue weighted by atomic mass is 32.2. The van der Waals surface area contributed by atoms with Gasteiger partial charge in [0.05, 0.1) is 17.3 Å². The number of benzene rings is 1. The first kappa shape index (κ1) is 15.8. The summed E-state index contributed by atoms with van der Waals surface area (Å²) in [4.78, 5) is 24.2. The third-order valence-corrected chi connectivity index (χ3v) is 5.38. The van der Waals surface area contributed by atoms with E-state index >= 15 is 0 Å². The Labute approximate surface area is 126 Å². The lowest BCUT2D eigenvalue weighted by molar-refractivity contribution is -0.147. The van der Waals surface area contributed by atoms with Crippen LogP contribution in [0.2, 0.25) is 0 Å². The van der Waals surface area contributed by atoms with E-state index in [9.17, 15) is 18.0 Å². The lowest BCUT2D eigenvalue weighted by Gasteiger charge is -2.20. The zero-order chi connectivity index (χ0) is 15.5. The van der Waals surface area contributed by atoms with Gasteiger partial charge in [-0.15, -0.1) is 11.8 Å². The number of carbonyl (C=O) groups is 2. The molecule has 114 valence electrons. The van der Waals surface area contributed by atoms with Crippen molar-refractivity contribution in [2.24, 2.45) is 0 Å². The molecule has 0 spiro atoms. The van der Waals surface area contributed by atoms with Crippen LogP contribution in [-0.2, 0) is 19.6 Å². The molecular weight excluding hydrogens is 316 g/mol. The maximum Gasteiger partial charge on any atom is 0.327 e. The van der Waals surface area contributed by atoms with Crippen LogP contribution in [0.5, 0.6) is 0 Å². The van der Waals surface area contributed by atoms with E-state index in [1.807, 2.05) is 0 Å². The molecule has 1 saturated heterocycles. The van der Waals surface area contributed by atoms with Gasteiger partial charge in [0.1, 0.15) is 6.04 Å². The molecule has 1 aromatic carbocycles. The molecule has 0 aliphatic carbocycles. The van der Waals surface area contributed by atoms with Crippen molar-refractivity contribution in [3.8, 4) is 0 Å². The summed E-state index contributed by atoms with van der Waals surface area (Å²) >= 11 is 1.32. The van der Waals surface area contributed by atoms with Crippen LogP contribution in [0.25, 0.3) is 0 Å². The van der Waals surface area contributed by atoms with E-state index in [4.69, 9.17) is 5.11 Å². The number of thioether (sulfide) groups is 1. The lowest BCUT2D eigenvalue weighted by atomic mass is 10.3. The van der Waals surface area contributed by atoms with Gasteiger partial charge >= 0.3 is 5.97 Å². The lowest BCUT2D eigenvalue weighted by Crippen LogP contribution is -2.46. The van der Waals surface area contributed by atoms with Crippen molar-refractivity contribution in [3.05, 3.63) is 30.3 Å². The molecule has 1 aliphatic rings. The molecule has 2 rings (SSSR count). The van der Waals surface area contributed by atoms with Gasteiger partial charge in [0.15, 0.2) is 0 Å². The number of sulfonamides is 1. The maximum absolute atomic E-state index is 12.0. The average Bonchev–Trinajstić information content (AvgIpc) is 2.95. The van der Waals surface area contributed by atoms with Crippen LogP contribution in [-0.4, -0.2) is 54.5 Å². The van der Waals surface area contributed by atoms with Crippen LogP contribution in [0.4, 0.5) is 0 Å². The number of carboxylic acids is 1. The van der Waals surface area contributed by atoms with E-state index in [0.29, 0.717) is 5.75 Å². The van der Waals surface area contributed by atoms with E-state index in [2.05, 4.69) is 4.72 Å². The highest BCUT2D eigenvalue weighted by Gasteiger charge is 2.34. The Kier molecular flexibility index (Phi) is 4.86. The number of hydrogen-bond acceptors (Lipinski definition) is 5. The molecule has 1 fully saturated rings. The minimum atomic E-state index is -3.77. The van der Waals surface area contributed by atoms with Crippen LogP contribution in [0.3, 0.4) is 0 Å². The van der Waals surface area contributed by atoms with E-state index in [1.165, 1.54) is 28.8 Å². The highest BCUT2D eigenvalue weighted by Crippen LogP contribution is 2.21. The van der Waals surface area contributed by atoms with Gasteiger partial charge in [0.2, 0.25) is 15.9 Å². The molecule has 0 aromatic heterocycles. The van der Waals surface area contributed by atoms with E-state index in [1.54, 1.807) is 18.2 Å². The number of amides is 1. The summed E-state index contributed by atoms with van der Waals surface area (Å²) in [5, 5.41) is 8.99. The van der Waals surface area contributed by atoms with Gasteiger partial charge in [-0.3, -0.25) is 4.79 Å². The number of nitrogens with zero attached hydrogens (tertiary/aromatic N) is 1. The van der Waals surface area contributed by atoms with E-state index in [-0.39, 0.29) is 10.8 Å². The molecule has 1 aliphatic heterocycles. The van der Waals surface area contributed by atoms with Crippen LogP contribution in [0, 0.1) is 0 Å². The van der Waals surface area contributed by atoms with Crippen molar-refractivity contribution in [1.82, 2.24) is 9.62 Å². The molecule has 7 nitrogen and oxygen atoms in total. The van der Waals surface area contributed by atoms with Gasteiger partial charge in [-0.25, -0.2) is 17.9 Å². The third kappa shape index (κ3) is 3.74. The largest absolute Gasteiger partial charge is 0.480 e. The second-order valence-electron chi connectivity index (χ2n) is 4.36. The van der Waals surface area contributed by atoms with Crippen molar-refractivity contribution in [2.75, 3.05) is 18.2 Å². The van der Waals surface area contributed by atoms with Crippen molar-refractivity contribution >= 4 is 33.7 Å². The molecular formula is C12H14N2O5S2. The highest BCUT2D eigenvalue weighted by molar-refractivity contribution is 7.99. The van der Waals surface area contributed by atoms with Gasteiger partial charge in [0, 0.05) is 5.75 Å². The summed E-state index contributed by atoms with van der Waals surface area (Å²) < 4.78 is 26.1.